The van der Waals surface area contributed by atoms with Crippen LogP contribution in [0.3, 0.4) is 0 Å². The Hall–Kier alpha value is -3.80. The number of hydrogen-bond acceptors (Lipinski definition) is 24. The first kappa shape index (κ1) is 49.2. The fourth-order valence-corrected chi connectivity index (χ4v) is 24.5. The van der Waals surface area contributed by atoms with Crippen LogP contribution in [-0.2, 0) is 36.7 Å². The summed E-state index contributed by atoms with van der Waals surface area (Å²) in [6.45, 7) is 2.46. The maximum Gasteiger partial charge on any atom is 0.346 e. The summed E-state index contributed by atoms with van der Waals surface area (Å²) in [5.41, 5.74) is -0.314. The van der Waals surface area contributed by atoms with Gasteiger partial charge in [0.1, 0.15) is 48.4 Å². The topological polar surface area (TPSA) is 316 Å². The molecule has 0 radical (unpaired) electrons. The van der Waals surface area contributed by atoms with E-state index in [1.807, 2.05) is 0 Å². The van der Waals surface area contributed by atoms with Crippen molar-refractivity contribution in [2.45, 2.75) is 13.8 Å². The lowest BCUT2D eigenvalue weighted by atomic mass is 10.1. The van der Waals surface area contributed by atoms with Gasteiger partial charge in [-0.25, -0.2) is 9.59 Å². The quantitative estimate of drug-likeness (QED) is 0.0527. The Morgan fingerprint density at radius 2 is 0.726 bits per heavy atom. The van der Waals surface area contributed by atoms with Crippen molar-refractivity contribution in [1.29, 1.82) is 0 Å². The van der Waals surface area contributed by atoms with Crippen molar-refractivity contribution in [2.75, 3.05) is 53.8 Å². The van der Waals surface area contributed by atoms with Gasteiger partial charge < -0.3 is 66.1 Å². The Balaban J connectivity index is 1.44. The molecule has 30 heteroatoms. The first-order valence-electron chi connectivity index (χ1n) is 17.4. The molecular formula is C32H42N6O18P6. The lowest BCUT2D eigenvalue weighted by molar-refractivity contribution is -0.132. The Labute approximate surface area is 355 Å². The predicted molar refractivity (Wildman–Crippen MR) is 226 cm³/mol. The molecule has 0 bridgehead atoms. The molecule has 4 atom stereocenters. The summed E-state index contributed by atoms with van der Waals surface area (Å²) in [5.74, 6) is -2.61. The van der Waals surface area contributed by atoms with Crippen molar-refractivity contribution in [2.24, 2.45) is 27.1 Å². The molecule has 62 heavy (non-hydrogen) atoms. The minimum absolute atomic E-state index is 0.113. The summed E-state index contributed by atoms with van der Waals surface area (Å²) < 4.78 is 82.2. The number of rotatable bonds is 18. The zero-order valence-corrected chi connectivity index (χ0v) is 39.0. The smallest absolute Gasteiger partial charge is 0.346 e. The second-order valence-corrected chi connectivity index (χ2v) is 27.0. The van der Waals surface area contributed by atoms with E-state index >= 15 is 0 Å². The van der Waals surface area contributed by atoms with Crippen molar-refractivity contribution in [3.8, 4) is 23.0 Å². The van der Waals surface area contributed by atoms with E-state index in [4.69, 9.17) is 45.7 Å². The fourth-order valence-electron chi connectivity index (χ4n) is 5.10. The summed E-state index contributed by atoms with van der Waals surface area (Å²) in [6, 6.07) is 16.1. The molecule has 0 aliphatic carbocycles. The number of aliphatic hydroxyl groups excluding tert-OH is 4. The average Bonchev–Trinajstić information content (AvgIpc) is 3.27. The van der Waals surface area contributed by atoms with Gasteiger partial charge in [0.15, 0.2) is 0 Å². The van der Waals surface area contributed by atoms with E-state index in [9.17, 15) is 39.6 Å². The highest BCUT2D eigenvalue weighted by Crippen LogP contribution is 2.80. The Morgan fingerprint density at radius 1 is 0.435 bits per heavy atom. The molecule has 0 spiro atoms. The van der Waals surface area contributed by atoms with Crippen LogP contribution in [0.5, 0.6) is 23.0 Å². The van der Waals surface area contributed by atoms with Gasteiger partial charge in [0.25, 0.3) is 29.7 Å². The van der Waals surface area contributed by atoms with Crippen LogP contribution in [0.15, 0.2) is 99.9 Å². The second-order valence-electron chi connectivity index (χ2n) is 12.1. The van der Waals surface area contributed by atoms with Crippen LogP contribution in [0, 0.1) is 0 Å². The highest BCUT2D eigenvalue weighted by atomic mass is 31.3. The van der Waals surface area contributed by atoms with Gasteiger partial charge in [-0.05, 0) is 72.8 Å². The first-order valence-corrected chi connectivity index (χ1v) is 27.7. The standard InChI is InChI=1S/C32H42N6O18P6/c1-23(43)51-27-11-15-29(16-12-27)53-57(19-39)33-59(21-41,37-61(35-57,47-3)48-4)55-31(45)25-7-9-26(10-8-25)32(46)56-60(22-42)34-58(20-40,36-62(38-60,49-5)50-6)54-30-17-13-28(14-18-30)52-24(2)44/h7-18,39-42H,19-22H2,1-6H3. The summed E-state index contributed by atoms with van der Waals surface area (Å²) in [7, 11) is -18.4. The molecular weight excluding hydrogens is 942 g/mol. The second kappa shape index (κ2) is 20.4. The van der Waals surface area contributed by atoms with Gasteiger partial charge in [-0.1, -0.05) is 0 Å². The summed E-state index contributed by atoms with van der Waals surface area (Å²) in [5, 5.41) is 42.6. The van der Waals surface area contributed by atoms with Gasteiger partial charge in [0, 0.05) is 42.3 Å². The number of benzene rings is 3. The van der Waals surface area contributed by atoms with Crippen LogP contribution < -0.4 is 18.5 Å². The van der Waals surface area contributed by atoms with Crippen LogP contribution in [0.1, 0.15) is 34.6 Å². The Bertz CT molecular complexity index is 2360. The van der Waals surface area contributed by atoms with Crippen LogP contribution in [-0.4, -0.2) is 98.1 Å². The minimum atomic E-state index is -4.05. The fraction of sp³-hybridized carbons (Fsp3) is 0.312. The third-order valence-corrected chi connectivity index (χ3v) is 25.6. The summed E-state index contributed by atoms with van der Waals surface area (Å²) in [6.07, 6.45) is -3.63. The van der Waals surface area contributed by atoms with Crippen molar-refractivity contribution in [3.63, 3.8) is 0 Å². The summed E-state index contributed by atoms with van der Waals surface area (Å²) >= 11 is 0. The lowest BCUT2D eigenvalue weighted by Crippen LogP contribution is -2.10. The summed E-state index contributed by atoms with van der Waals surface area (Å²) in [4.78, 5) is 50.1. The first-order chi connectivity index (χ1) is 29.4. The maximum absolute atomic E-state index is 13.7. The molecule has 338 valence electrons. The molecule has 0 amide bonds. The number of esters is 2. The SMILES string of the molecule is COP1(OC)=NP(CO)(OC(=O)c2ccc(C(=O)OP3(CO)=NP(CO)(Oc4ccc(OC(C)=O)cc4)=NP(OC)(OC)=N3)cc2)=NP(CO)(Oc2ccc(OC(C)=O)cc2)=N1. The van der Waals surface area contributed by atoms with Crippen LogP contribution in [0.2, 0.25) is 0 Å². The largest absolute Gasteiger partial charge is 0.440 e. The van der Waals surface area contributed by atoms with Crippen LogP contribution in [0.4, 0.5) is 0 Å². The highest BCUT2D eigenvalue weighted by Gasteiger charge is 2.44. The molecule has 2 aliphatic heterocycles. The lowest BCUT2D eigenvalue weighted by Gasteiger charge is -2.32. The average molecular weight is 985 g/mol. The molecule has 4 N–H and O–H groups in total. The van der Waals surface area contributed by atoms with Crippen molar-refractivity contribution >= 4 is 68.9 Å². The van der Waals surface area contributed by atoms with E-state index < -0.39 is 94.3 Å². The molecule has 4 unspecified atom stereocenters. The van der Waals surface area contributed by atoms with Gasteiger partial charge in [0.05, 0.1) is 11.1 Å². The van der Waals surface area contributed by atoms with Gasteiger partial charge in [-0.3, -0.25) is 9.59 Å². The third-order valence-electron chi connectivity index (χ3n) is 7.75. The number of aliphatic hydroxyl groups is 4. The maximum atomic E-state index is 13.7. The molecule has 0 aromatic heterocycles. The monoisotopic (exact) mass is 984 g/mol. The molecule has 2 aliphatic rings. The number of ether oxygens (including phenoxy) is 2. The molecule has 0 saturated heterocycles. The molecule has 24 nitrogen and oxygen atoms in total. The molecule has 0 saturated carbocycles. The molecule has 2 heterocycles. The molecule has 5 rings (SSSR count). The van der Waals surface area contributed by atoms with Crippen molar-refractivity contribution in [1.82, 2.24) is 0 Å². The van der Waals surface area contributed by atoms with Crippen molar-refractivity contribution in [3.05, 3.63) is 83.9 Å². The number of carbonyl (C=O) groups is 4. The zero-order valence-electron chi connectivity index (χ0n) is 33.6. The van der Waals surface area contributed by atoms with E-state index in [2.05, 4.69) is 27.1 Å². The van der Waals surface area contributed by atoms with E-state index in [1.54, 1.807) is 0 Å². The van der Waals surface area contributed by atoms with Gasteiger partial charge in [-0.15, -0.1) is 0 Å². The molecule has 0 fully saturated rings. The zero-order chi connectivity index (χ0) is 45.4. The molecule has 3 aromatic carbocycles. The van der Waals surface area contributed by atoms with Crippen molar-refractivity contribution < 1.29 is 85.3 Å². The van der Waals surface area contributed by atoms with Crippen LogP contribution >= 0.6 is 45.0 Å². The van der Waals surface area contributed by atoms with E-state index in [0.717, 1.165) is 0 Å². The number of nitrogens with zero attached hydrogens (tertiary/aromatic N) is 6. The Kier molecular flexibility index (Phi) is 16.2. The molecule has 3 aromatic rings. The Morgan fingerprint density at radius 3 is 0.984 bits per heavy atom. The van der Waals surface area contributed by atoms with E-state index in [1.165, 1.54) is 115 Å². The normalized spacial score (nSPS) is 24.4. The highest BCUT2D eigenvalue weighted by molar-refractivity contribution is 7.82. The number of hydrogen-bond donors (Lipinski definition) is 4. The van der Waals surface area contributed by atoms with E-state index in [-0.39, 0.29) is 34.1 Å². The number of carbonyl (C=O) groups excluding carboxylic acids is 4. The van der Waals surface area contributed by atoms with E-state index in [0.29, 0.717) is 0 Å². The van der Waals surface area contributed by atoms with Gasteiger partial charge >= 0.3 is 39.2 Å². The van der Waals surface area contributed by atoms with Crippen LogP contribution in [0.25, 0.3) is 0 Å². The predicted octanol–water partition coefficient (Wildman–Crippen LogP) is 8.44. The van der Waals surface area contributed by atoms with Gasteiger partial charge in [0.2, 0.25) is 0 Å². The minimum Gasteiger partial charge on any atom is -0.440 e. The third kappa shape index (κ3) is 11.5. The van der Waals surface area contributed by atoms with Gasteiger partial charge in [-0.2, -0.15) is 27.1 Å².